The van der Waals surface area contributed by atoms with Gasteiger partial charge in [-0.2, -0.15) is 0 Å². The van der Waals surface area contributed by atoms with Crippen LogP contribution in [-0.4, -0.2) is 48.1 Å². The number of nitrogens with zero attached hydrogens (tertiary/aromatic N) is 1. The zero-order valence-corrected chi connectivity index (χ0v) is 10.6. The van der Waals surface area contributed by atoms with Gasteiger partial charge in [-0.25, -0.2) is 4.79 Å². The molecule has 0 saturated heterocycles. The smallest absolute Gasteiger partial charge is 0.317 e. The molecule has 3 amide bonds. The predicted molar refractivity (Wildman–Crippen MR) is 65.9 cm³/mol. The second-order valence-electron chi connectivity index (χ2n) is 4.07. The maximum Gasteiger partial charge on any atom is 0.317 e. The summed E-state index contributed by atoms with van der Waals surface area (Å²) in [5.74, 6) is -1.21. The second-order valence-corrected chi connectivity index (χ2v) is 4.07. The van der Waals surface area contributed by atoms with Crippen molar-refractivity contribution in [3.05, 3.63) is 0 Å². The number of carboxylic acids is 1. The van der Waals surface area contributed by atoms with E-state index in [1.807, 2.05) is 0 Å². The van der Waals surface area contributed by atoms with Gasteiger partial charge in [0.15, 0.2) is 0 Å². The van der Waals surface area contributed by atoms with Crippen LogP contribution in [0.2, 0.25) is 0 Å². The highest BCUT2D eigenvalue weighted by molar-refractivity contribution is 5.74. The number of nitrogens with one attached hydrogen (secondary N) is 1. The molecule has 0 atom stereocenters. The van der Waals surface area contributed by atoms with Gasteiger partial charge >= 0.3 is 12.0 Å². The van der Waals surface area contributed by atoms with Gasteiger partial charge in [-0.1, -0.05) is 0 Å². The summed E-state index contributed by atoms with van der Waals surface area (Å²) in [5, 5.41) is 11.1. The van der Waals surface area contributed by atoms with Crippen molar-refractivity contribution in [1.82, 2.24) is 10.2 Å². The molecule has 18 heavy (non-hydrogen) atoms. The van der Waals surface area contributed by atoms with Crippen LogP contribution in [0.1, 0.15) is 32.1 Å². The largest absolute Gasteiger partial charge is 0.481 e. The molecule has 0 bridgehead atoms. The fourth-order valence-corrected chi connectivity index (χ4v) is 1.32. The third-order valence-corrected chi connectivity index (χ3v) is 2.36. The van der Waals surface area contributed by atoms with Crippen molar-refractivity contribution < 1.29 is 19.5 Å². The van der Waals surface area contributed by atoms with E-state index >= 15 is 0 Å². The van der Waals surface area contributed by atoms with E-state index in [0.717, 1.165) is 0 Å². The third-order valence-electron chi connectivity index (χ3n) is 2.36. The van der Waals surface area contributed by atoms with Gasteiger partial charge in [-0.3, -0.25) is 9.59 Å². The summed E-state index contributed by atoms with van der Waals surface area (Å²) in [7, 11) is 1.61. The second kappa shape index (κ2) is 9.26. The lowest BCUT2D eigenvalue weighted by Gasteiger charge is -2.17. The van der Waals surface area contributed by atoms with E-state index in [9.17, 15) is 14.4 Å². The molecule has 0 saturated carbocycles. The van der Waals surface area contributed by atoms with E-state index in [-0.39, 0.29) is 18.4 Å². The molecule has 7 heteroatoms. The van der Waals surface area contributed by atoms with E-state index in [1.54, 1.807) is 7.05 Å². The summed E-state index contributed by atoms with van der Waals surface area (Å²) >= 11 is 0. The van der Waals surface area contributed by atoms with Gasteiger partial charge in [0.2, 0.25) is 5.91 Å². The Balaban J connectivity index is 3.55. The van der Waals surface area contributed by atoms with Crippen LogP contribution in [-0.2, 0) is 9.59 Å². The van der Waals surface area contributed by atoms with Crippen LogP contribution in [0, 0.1) is 0 Å². The maximum atomic E-state index is 11.5. The normalized spacial score (nSPS) is 9.83. The third kappa shape index (κ3) is 9.44. The highest BCUT2D eigenvalue weighted by atomic mass is 16.4. The van der Waals surface area contributed by atoms with Gasteiger partial charge in [0.25, 0.3) is 0 Å². The molecule has 4 N–H and O–H groups in total. The van der Waals surface area contributed by atoms with Crippen molar-refractivity contribution in [1.29, 1.82) is 0 Å². The van der Waals surface area contributed by atoms with Crippen LogP contribution in [0.15, 0.2) is 0 Å². The quantitative estimate of drug-likeness (QED) is 0.511. The number of carboxylic acid groups (broad SMARTS) is 1. The Kier molecular flexibility index (Phi) is 8.34. The molecule has 0 aliphatic rings. The first kappa shape index (κ1) is 16.2. The summed E-state index contributed by atoms with van der Waals surface area (Å²) in [6.07, 6.45) is 2.15. The topological polar surface area (TPSA) is 113 Å². The van der Waals surface area contributed by atoms with Gasteiger partial charge in [0, 0.05) is 33.0 Å². The Morgan fingerprint density at radius 1 is 1.17 bits per heavy atom. The van der Waals surface area contributed by atoms with Crippen LogP contribution in [0.5, 0.6) is 0 Å². The summed E-state index contributed by atoms with van der Waals surface area (Å²) in [6, 6.07) is -0.237. The Bertz CT molecular complexity index is 294. The molecule has 0 aliphatic heterocycles. The van der Waals surface area contributed by atoms with Gasteiger partial charge in [-0.15, -0.1) is 0 Å². The number of hydrogen-bond donors (Lipinski definition) is 3. The molecular formula is C11H21N3O4. The number of amides is 3. The minimum atomic E-state index is -0.866. The summed E-state index contributed by atoms with van der Waals surface area (Å²) in [5.41, 5.74) is 4.98. The van der Waals surface area contributed by atoms with Crippen molar-refractivity contribution in [2.24, 2.45) is 5.73 Å². The number of carbonyl (C=O) groups is 3. The lowest BCUT2D eigenvalue weighted by atomic mass is 10.2. The lowest BCUT2D eigenvalue weighted by Crippen LogP contribution is -2.38. The van der Waals surface area contributed by atoms with E-state index in [4.69, 9.17) is 10.8 Å². The SMILES string of the molecule is CN(CCCC(=O)O)C(=O)NCCCCC(N)=O. The zero-order chi connectivity index (χ0) is 14.0. The molecule has 104 valence electrons. The van der Waals surface area contributed by atoms with E-state index < -0.39 is 5.97 Å². The van der Waals surface area contributed by atoms with Gasteiger partial charge < -0.3 is 21.1 Å². The molecule has 0 spiro atoms. The molecule has 0 heterocycles. The number of unbranched alkanes of at least 4 members (excludes halogenated alkanes) is 1. The predicted octanol–water partition coefficient (Wildman–Crippen LogP) is 0.148. The van der Waals surface area contributed by atoms with Crippen LogP contribution < -0.4 is 11.1 Å². The fourth-order valence-electron chi connectivity index (χ4n) is 1.32. The van der Waals surface area contributed by atoms with E-state index in [0.29, 0.717) is 38.8 Å². The number of carbonyl (C=O) groups excluding carboxylic acids is 2. The molecular weight excluding hydrogens is 238 g/mol. The van der Waals surface area contributed by atoms with Crippen LogP contribution >= 0.6 is 0 Å². The Morgan fingerprint density at radius 2 is 1.83 bits per heavy atom. The monoisotopic (exact) mass is 259 g/mol. The molecule has 0 radical (unpaired) electrons. The molecule has 0 aromatic carbocycles. The minimum absolute atomic E-state index is 0.0518. The lowest BCUT2D eigenvalue weighted by molar-refractivity contribution is -0.137. The number of urea groups is 1. The number of hydrogen-bond acceptors (Lipinski definition) is 3. The molecule has 0 aromatic heterocycles. The van der Waals surface area contributed by atoms with Crippen LogP contribution in [0.3, 0.4) is 0 Å². The number of rotatable bonds is 9. The van der Waals surface area contributed by atoms with Crippen LogP contribution in [0.4, 0.5) is 4.79 Å². The summed E-state index contributed by atoms with van der Waals surface area (Å²) < 4.78 is 0. The van der Waals surface area contributed by atoms with E-state index in [2.05, 4.69) is 5.32 Å². The van der Waals surface area contributed by atoms with Crippen molar-refractivity contribution in [3.8, 4) is 0 Å². The van der Waals surface area contributed by atoms with Crippen molar-refractivity contribution in [2.45, 2.75) is 32.1 Å². The zero-order valence-electron chi connectivity index (χ0n) is 10.6. The van der Waals surface area contributed by atoms with Gasteiger partial charge in [0.1, 0.15) is 0 Å². The number of aliphatic carboxylic acids is 1. The minimum Gasteiger partial charge on any atom is -0.481 e. The van der Waals surface area contributed by atoms with Crippen molar-refractivity contribution in [3.63, 3.8) is 0 Å². The molecule has 0 fully saturated rings. The summed E-state index contributed by atoms with van der Waals surface area (Å²) in [6.45, 7) is 0.884. The first-order chi connectivity index (χ1) is 8.43. The first-order valence-electron chi connectivity index (χ1n) is 5.92. The Morgan fingerprint density at radius 3 is 2.39 bits per heavy atom. The highest BCUT2D eigenvalue weighted by Gasteiger charge is 2.07. The van der Waals surface area contributed by atoms with Gasteiger partial charge in [-0.05, 0) is 19.3 Å². The number of primary amides is 1. The summed E-state index contributed by atoms with van der Waals surface area (Å²) in [4.78, 5) is 33.7. The van der Waals surface area contributed by atoms with Gasteiger partial charge in [0.05, 0.1) is 0 Å². The molecule has 0 unspecified atom stereocenters. The standard InChI is InChI=1S/C11H21N3O4/c1-14(8-4-6-10(16)17)11(18)13-7-3-2-5-9(12)15/h2-8H2,1H3,(H2,12,15)(H,13,18)(H,16,17). The fraction of sp³-hybridized carbons (Fsp3) is 0.727. The average Bonchev–Trinajstić information content (AvgIpc) is 2.27. The van der Waals surface area contributed by atoms with E-state index in [1.165, 1.54) is 4.90 Å². The first-order valence-corrected chi connectivity index (χ1v) is 5.92. The molecule has 0 aliphatic carbocycles. The molecule has 0 rings (SSSR count). The highest BCUT2D eigenvalue weighted by Crippen LogP contribution is 1.95. The van der Waals surface area contributed by atoms with Crippen LogP contribution in [0.25, 0.3) is 0 Å². The van der Waals surface area contributed by atoms with Crippen molar-refractivity contribution in [2.75, 3.05) is 20.1 Å². The van der Waals surface area contributed by atoms with Crippen molar-refractivity contribution >= 4 is 17.9 Å². The average molecular weight is 259 g/mol. The Hall–Kier alpha value is -1.79. The molecule has 7 nitrogen and oxygen atoms in total. The number of nitrogens with two attached hydrogens (primary N) is 1. The Labute approximate surface area is 106 Å². The maximum absolute atomic E-state index is 11.5. The molecule has 0 aromatic rings.